The molecule has 0 radical (unpaired) electrons. The van der Waals surface area contributed by atoms with E-state index < -0.39 is 6.10 Å². The van der Waals surface area contributed by atoms with Crippen molar-refractivity contribution in [2.75, 3.05) is 0 Å². The van der Waals surface area contributed by atoms with Crippen LogP contribution in [0.1, 0.15) is 19.2 Å². The van der Waals surface area contributed by atoms with Crippen LogP contribution in [0.3, 0.4) is 0 Å². The van der Waals surface area contributed by atoms with Crippen molar-refractivity contribution in [3.63, 3.8) is 0 Å². The van der Waals surface area contributed by atoms with Crippen molar-refractivity contribution in [1.82, 2.24) is 15.5 Å². The van der Waals surface area contributed by atoms with Gasteiger partial charge in [-0.15, -0.1) is 0 Å². The van der Waals surface area contributed by atoms with Gasteiger partial charge >= 0.3 is 0 Å². The van der Waals surface area contributed by atoms with Gasteiger partial charge in [-0.1, -0.05) is 41.9 Å². The molecule has 1 atom stereocenters. The Morgan fingerprint density at radius 1 is 1.19 bits per heavy atom. The molecule has 0 bridgehead atoms. The van der Waals surface area contributed by atoms with Crippen molar-refractivity contribution in [3.05, 3.63) is 65.5 Å². The fourth-order valence-corrected chi connectivity index (χ4v) is 2.43. The first-order chi connectivity index (χ1) is 12.7. The summed E-state index contributed by atoms with van der Waals surface area (Å²) in [5, 5.41) is 7.31. The molecular formula is C19H18ClN3O3. The second-order valence-electron chi connectivity index (χ2n) is 5.56. The lowest BCUT2D eigenvalue weighted by Gasteiger charge is -2.16. The highest BCUT2D eigenvalue weighted by Crippen LogP contribution is 2.18. The van der Waals surface area contributed by atoms with Gasteiger partial charge in [0.1, 0.15) is 5.75 Å². The Kier molecular flexibility index (Phi) is 5.86. The minimum Gasteiger partial charge on any atom is -0.481 e. The molecule has 134 valence electrons. The van der Waals surface area contributed by atoms with Crippen molar-refractivity contribution < 1.29 is 14.1 Å². The SMILES string of the molecule is CC[C@@H](Oc1ccccc1)C(=O)NCc1nc(-c2ccc(Cl)cc2)no1. The van der Waals surface area contributed by atoms with Gasteiger partial charge in [-0.05, 0) is 42.8 Å². The number of nitrogens with zero attached hydrogens (tertiary/aromatic N) is 2. The van der Waals surface area contributed by atoms with Crippen LogP contribution >= 0.6 is 11.6 Å². The summed E-state index contributed by atoms with van der Waals surface area (Å²) in [7, 11) is 0. The number of amides is 1. The Morgan fingerprint density at radius 2 is 1.92 bits per heavy atom. The standard InChI is InChI=1S/C19H18ClN3O3/c1-2-16(25-15-6-4-3-5-7-15)19(24)21-12-17-22-18(23-26-17)13-8-10-14(20)11-9-13/h3-11,16H,2,12H2,1H3,(H,21,24)/t16-/m1/s1. The lowest BCUT2D eigenvalue weighted by Crippen LogP contribution is -2.37. The maximum atomic E-state index is 12.3. The summed E-state index contributed by atoms with van der Waals surface area (Å²) < 4.78 is 10.9. The summed E-state index contributed by atoms with van der Waals surface area (Å²) in [5.41, 5.74) is 0.787. The number of hydrogen-bond donors (Lipinski definition) is 1. The van der Waals surface area contributed by atoms with E-state index >= 15 is 0 Å². The molecule has 0 fully saturated rings. The van der Waals surface area contributed by atoms with Crippen molar-refractivity contribution in [2.24, 2.45) is 0 Å². The van der Waals surface area contributed by atoms with Crippen LogP contribution < -0.4 is 10.1 Å². The fourth-order valence-electron chi connectivity index (χ4n) is 2.31. The molecule has 2 aromatic carbocycles. The third kappa shape index (κ3) is 4.61. The highest BCUT2D eigenvalue weighted by Gasteiger charge is 2.19. The normalized spacial score (nSPS) is 11.8. The number of rotatable bonds is 7. The Hall–Kier alpha value is -2.86. The van der Waals surface area contributed by atoms with E-state index in [0.717, 1.165) is 5.56 Å². The average Bonchev–Trinajstić information content (AvgIpc) is 3.14. The van der Waals surface area contributed by atoms with E-state index in [9.17, 15) is 4.79 Å². The molecule has 1 heterocycles. The van der Waals surface area contributed by atoms with E-state index in [-0.39, 0.29) is 12.5 Å². The monoisotopic (exact) mass is 371 g/mol. The first kappa shape index (κ1) is 17.9. The number of hydrogen-bond acceptors (Lipinski definition) is 5. The van der Waals surface area contributed by atoms with E-state index in [0.29, 0.717) is 28.9 Å². The van der Waals surface area contributed by atoms with Gasteiger partial charge in [0, 0.05) is 10.6 Å². The fraction of sp³-hybridized carbons (Fsp3) is 0.211. The summed E-state index contributed by atoms with van der Waals surface area (Å²) in [5.74, 6) is 1.18. The molecule has 0 saturated heterocycles. The molecule has 0 aliphatic rings. The van der Waals surface area contributed by atoms with Crippen LogP contribution in [0.5, 0.6) is 5.75 Å². The van der Waals surface area contributed by atoms with Crippen molar-refractivity contribution >= 4 is 17.5 Å². The number of benzene rings is 2. The van der Waals surface area contributed by atoms with Gasteiger partial charge in [0.05, 0.1) is 6.54 Å². The first-order valence-corrected chi connectivity index (χ1v) is 8.61. The van der Waals surface area contributed by atoms with Gasteiger partial charge in [-0.25, -0.2) is 0 Å². The molecule has 6 nitrogen and oxygen atoms in total. The van der Waals surface area contributed by atoms with Gasteiger partial charge in [-0.2, -0.15) is 4.98 Å². The third-order valence-electron chi connectivity index (χ3n) is 3.67. The molecule has 3 aromatic rings. The molecule has 26 heavy (non-hydrogen) atoms. The predicted octanol–water partition coefficient (Wildman–Crippen LogP) is 3.86. The van der Waals surface area contributed by atoms with Crippen LogP contribution in [-0.2, 0) is 11.3 Å². The summed E-state index contributed by atoms with van der Waals surface area (Å²) in [4.78, 5) is 16.6. The number of halogens is 1. The second-order valence-corrected chi connectivity index (χ2v) is 6.00. The molecular weight excluding hydrogens is 354 g/mol. The maximum absolute atomic E-state index is 12.3. The Labute approximate surface area is 156 Å². The highest BCUT2D eigenvalue weighted by atomic mass is 35.5. The van der Waals surface area contributed by atoms with Crippen molar-refractivity contribution in [2.45, 2.75) is 26.0 Å². The van der Waals surface area contributed by atoms with Gasteiger partial charge in [0.25, 0.3) is 5.91 Å². The van der Waals surface area contributed by atoms with Gasteiger partial charge in [-0.3, -0.25) is 4.79 Å². The lowest BCUT2D eigenvalue weighted by molar-refractivity contribution is -0.128. The molecule has 1 N–H and O–H groups in total. The van der Waals surface area contributed by atoms with E-state index in [1.54, 1.807) is 24.3 Å². The number of carbonyl (C=O) groups is 1. The Balaban J connectivity index is 1.57. The van der Waals surface area contributed by atoms with Gasteiger partial charge < -0.3 is 14.6 Å². The van der Waals surface area contributed by atoms with E-state index in [2.05, 4.69) is 15.5 Å². The molecule has 7 heteroatoms. The summed E-state index contributed by atoms with van der Waals surface area (Å²) in [6, 6.07) is 16.3. The average molecular weight is 372 g/mol. The number of carbonyl (C=O) groups excluding carboxylic acids is 1. The van der Waals surface area contributed by atoms with Gasteiger partial charge in [0.15, 0.2) is 6.10 Å². The molecule has 0 aliphatic heterocycles. The molecule has 1 amide bonds. The molecule has 0 unspecified atom stereocenters. The maximum Gasteiger partial charge on any atom is 0.261 e. The van der Waals surface area contributed by atoms with E-state index in [4.69, 9.17) is 20.9 Å². The van der Waals surface area contributed by atoms with Crippen LogP contribution in [0.25, 0.3) is 11.4 Å². The minimum atomic E-state index is -0.587. The topological polar surface area (TPSA) is 77.2 Å². The molecule has 3 rings (SSSR count). The van der Waals surface area contributed by atoms with Crippen molar-refractivity contribution in [3.8, 4) is 17.1 Å². The van der Waals surface area contributed by atoms with Crippen LogP contribution in [0.2, 0.25) is 5.02 Å². The number of para-hydroxylation sites is 1. The quantitative estimate of drug-likeness (QED) is 0.682. The Morgan fingerprint density at radius 3 is 2.62 bits per heavy atom. The zero-order valence-corrected chi connectivity index (χ0v) is 14.9. The van der Waals surface area contributed by atoms with Crippen molar-refractivity contribution in [1.29, 1.82) is 0 Å². The highest BCUT2D eigenvalue weighted by molar-refractivity contribution is 6.30. The molecule has 0 aliphatic carbocycles. The van der Waals surface area contributed by atoms with Crippen LogP contribution in [0, 0.1) is 0 Å². The third-order valence-corrected chi connectivity index (χ3v) is 3.92. The van der Waals surface area contributed by atoms with E-state index in [1.807, 2.05) is 37.3 Å². The molecule has 0 saturated carbocycles. The number of ether oxygens (including phenoxy) is 1. The predicted molar refractivity (Wildman–Crippen MR) is 97.7 cm³/mol. The number of nitrogens with one attached hydrogen (secondary N) is 1. The number of aromatic nitrogens is 2. The van der Waals surface area contributed by atoms with Crippen LogP contribution in [0.15, 0.2) is 59.1 Å². The largest absolute Gasteiger partial charge is 0.481 e. The second kappa shape index (κ2) is 8.49. The van der Waals surface area contributed by atoms with Crippen LogP contribution in [0.4, 0.5) is 0 Å². The molecule has 0 spiro atoms. The van der Waals surface area contributed by atoms with Gasteiger partial charge in [0.2, 0.25) is 11.7 Å². The summed E-state index contributed by atoms with van der Waals surface area (Å²) in [6.45, 7) is 2.02. The Bertz CT molecular complexity index is 850. The minimum absolute atomic E-state index is 0.133. The smallest absolute Gasteiger partial charge is 0.261 e. The summed E-state index contributed by atoms with van der Waals surface area (Å²) in [6.07, 6.45) is -0.0447. The summed E-state index contributed by atoms with van der Waals surface area (Å²) >= 11 is 5.87. The zero-order chi connectivity index (χ0) is 18.4. The van der Waals surface area contributed by atoms with Crippen LogP contribution in [-0.4, -0.2) is 22.2 Å². The first-order valence-electron chi connectivity index (χ1n) is 8.23. The molecule has 1 aromatic heterocycles. The zero-order valence-electron chi connectivity index (χ0n) is 14.2. The lowest BCUT2D eigenvalue weighted by atomic mass is 10.2. The van der Waals surface area contributed by atoms with E-state index in [1.165, 1.54) is 0 Å².